The van der Waals surface area contributed by atoms with Gasteiger partial charge in [-0.3, -0.25) is 4.79 Å². The van der Waals surface area contributed by atoms with E-state index in [1.807, 2.05) is 0 Å². The van der Waals surface area contributed by atoms with E-state index in [0.717, 1.165) is 13.1 Å². The summed E-state index contributed by atoms with van der Waals surface area (Å²) in [6.45, 7) is 6.04. The highest BCUT2D eigenvalue weighted by Crippen LogP contribution is 2.39. The van der Waals surface area contributed by atoms with Gasteiger partial charge in [-0.25, -0.2) is 0 Å². The Morgan fingerprint density at radius 1 is 1.10 bits per heavy atom. The number of morpholine rings is 2. The smallest absolute Gasteiger partial charge is 0.254 e. The average molecular weight is 447 g/mol. The molecule has 30 heavy (non-hydrogen) atoms. The van der Waals surface area contributed by atoms with Gasteiger partial charge < -0.3 is 51.0 Å². The summed E-state index contributed by atoms with van der Waals surface area (Å²) in [4.78, 5) is 15.8. The number of halogens is 1. The molecule has 3 rings (SSSR count). The van der Waals surface area contributed by atoms with Crippen LogP contribution >= 0.6 is 0 Å². The van der Waals surface area contributed by atoms with Crippen LogP contribution in [0.15, 0.2) is 12.1 Å². The van der Waals surface area contributed by atoms with Crippen LogP contribution < -0.4 is 31.5 Å². The molecule has 2 saturated heterocycles. The Morgan fingerprint density at radius 2 is 1.67 bits per heavy atom. The maximum atomic E-state index is 12.8. The zero-order valence-electron chi connectivity index (χ0n) is 17.5. The molecule has 0 aromatic heterocycles. The van der Waals surface area contributed by atoms with Gasteiger partial charge >= 0.3 is 0 Å². The van der Waals surface area contributed by atoms with Crippen molar-refractivity contribution in [3.8, 4) is 17.2 Å². The minimum Gasteiger partial charge on any atom is -1.00 e. The molecule has 0 aliphatic carbocycles. The minimum atomic E-state index is -0.632. The molecule has 170 valence electrons. The zero-order valence-corrected chi connectivity index (χ0v) is 18.3. The third-order valence-corrected chi connectivity index (χ3v) is 5.15. The first-order valence-corrected chi connectivity index (χ1v) is 9.97. The van der Waals surface area contributed by atoms with Gasteiger partial charge in [-0.05, 0) is 12.1 Å². The maximum Gasteiger partial charge on any atom is 0.254 e. The molecule has 1 unspecified atom stereocenters. The van der Waals surface area contributed by atoms with E-state index in [1.54, 1.807) is 17.0 Å². The summed E-state index contributed by atoms with van der Waals surface area (Å²) >= 11 is 0. The summed E-state index contributed by atoms with van der Waals surface area (Å²) in [7, 11) is 3.03. The van der Waals surface area contributed by atoms with Crippen LogP contribution in [0.1, 0.15) is 10.4 Å². The molecule has 2 N–H and O–H groups in total. The molecular weight excluding hydrogens is 416 g/mol. The largest absolute Gasteiger partial charge is 1.00 e. The van der Waals surface area contributed by atoms with Crippen LogP contribution in [0, 0.1) is 0 Å². The third kappa shape index (κ3) is 6.36. The van der Waals surface area contributed by atoms with Gasteiger partial charge in [0.25, 0.3) is 5.91 Å². The number of carbonyl (C=O) groups is 1. The molecule has 1 aromatic rings. The average Bonchev–Trinajstić information content (AvgIpc) is 2.77. The van der Waals surface area contributed by atoms with E-state index in [-0.39, 0.29) is 24.9 Å². The third-order valence-electron chi connectivity index (χ3n) is 5.15. The molecule has 2 fully saturated rings. The second-order valence-electron chi connectivity index (χ2n) is 7.15. The normalized spacial score (nSPS) is 18.3. The summed E-state index contributed by atoms with van der Waals surface area (Å²) in [6.07, 6.45) is -0.632. The Hall–Kier alpha value is -1.78. The fourth-order valence-corrected chi connectivity index (χ4v) is 3.53. The van der Waals surface area contributed by atoms with E-state index in [0.29, 0.717) is 68.9 Å². The first kappa shape index (κ1) is 24.5. The van der Waals surface area contributed by atoms with Gasteiger partial charge in [0.15, 0.2) is 11.5 Å². The number of amides is 1. The van der Waals surface area contributed by atoms with E-state index < -0.39 is 6.10 Å². The van der Waals surface area contributed by atoms with E-state index in [9.17, 15) is 9.90 Å². The SMILES string of the molecule is COc1cc(C(=O)N2CCOCC2)cc(OC)c1OCC(O)C[NH+]1CCOCC1.[Cl-]. The Bertz CT molecular complexity index is 654. The van der Waals surface area contributed by atoms with Crippen molar-refractivity contribution in [3.05, 3.63) is 17.7 Å². The number of nitrogens with one attached hydrogen (secondary N) is 1. The monoisotopic (exact) mass is 446 g/mol. The number of quaternary nitrogens is 1. The van der Waals surface area contributed by atoms with Crippen LogP contribution in [-0.4, -0.2) is 102 Å². The molecule has 0 saturated carbocycles. The van der Waals surface area contributed by atoms with Gasteiger partial charge in [-0.2, -0.15) is 0 Å². The highest BCUT2D eigenvalue weighted by Gasteiger charge is 2.24. The van der Waals surface area contributed by atoms with Gasteiger partial charge in [-0.15, -0.1) is 0 Å². The van der Waals surface area contributed by atoms with Gasteiger partial charge in [0.2, 0.25) is 5.75 Å². The number of methoxy groups -OCH3 is 2. The first-order valence-electron chi connectivity index (χ1n) is 9.97. The van der Waals surface area contributed by atoms with Crippen molar-refractivity contribution in [3.63, 3.8) is 0 Å². The summed E-state index contributed by atoms with van der Waals surface area (Å²) in [5, 5.41) is 10.4. The summed E-state index contributed by atoms with van der Waals surface area (Å²) < 4.78 is 27.4. The van der Waals surface area contributed by atoms with Crippen LogP contribution in [0.25, 0.3) is 0 Å². The molecule has 10 heteroatoms. The molecule has 0 radical (unpaired) electrons. The predicted molar refractivity (Wildman–Crippen MR) is 104 cm³/mol. The Kier molecular flexibility index (Phi) is 9.93. The van der Waals surface area contributed by atoms with Crippen LogP contribution in [0.2, 0.25) is 0 Å². The molecular formula is C20H31ClN2O7. The van der Waals surface area contributed by atoms with Gasteiger partial charge in [0, 0.05) is 18.7 Å². The lowest BCUT2D eigenvalue weighted by atomic mass is 10.1. The number of aliphatic hydroxyl groups is 1. The number of hydrogen-bond donors (Lipinski definition) is 2. The standard InChI is InChI=1S/C20H30N2O7.ClH/c1-25-17-11-15(20(24)22-5-9-28-10-6-22)12-18(26-2)19(17)29-14-16(23)13-21-3-7-27-8-4-21;/h11-12,16,23H,3-10,13-14H2,1-2H3;1H. The lowest BCUT2D eigenvalue weighted by Crippen LogP contribution is -3.15. The Balaban J connectivity index is 0.00000320. The van der Waals surface area contributed by atoms with Crippen LogP contribution in [0.5, 0.6) is 17.2 Å². The summed E-state index contributed by atoms with van der Waals surface area (Å²) in [6, 6.07) is 3.30. The Morgan fingerprint density at radius 3 is 2.23 bits per heavy atom. The van der Waals surface area contributed by atoms with Crippen molar-refractivity contribution in [2.75, 3.05) is 80.0 Å². The summed E-state index contributed by atoms with van der Waals surface area (Å²) in [5.74, 6) is 1.07. The number of hydrogen-bond acceptors (Lipinski definition) is 7. The van der Waals surface area contributed by atoms with Gasteiger partial charge in [-0.1, -0.05) is 0 Å². The van der Waals surface area contributed by atoms with Crippen molar-refractivity contribution in [1.82, 2.24) is 4.90 Å². The van der Waals surface area contributed by atoms with Crippen molar-refractivity contribution in [2.24, 2.45) is 0 Å². The molecule has 1 atom stereocenters. The fourth-order valence-electron chi connectivity index (χ4n) is 3.53. The molecule has 2 aliphatic heterocycles. The van der Waals surface area contributed by atoms with Crippen LogP contribution in [-0.2, 0) is 9.47 Å². The first-order chi connectivity index (χ1) is 14.1. The predicted octanol–water partition coefficient (Wildman–Crippen LogP) is -4.16. The minimum absolute atomic E-state index is 0. The van der Waals surface area contributed by atoms with Crippen molar-refractivity contribution in [1.29, 1.82) is 0 Å². The topological polar surface area (TPSA) is 91.1 Å². The highest BCUT2D eigenvalue weighted by atomic mass is 35.5. The van der Waals surface area contributed by atoms with E-state index in [4.69, 9.17) is 23.7 Å². The number of carbonyl (C=O) groups excluding carboxylic acids is 1. The van der Waals surface area contributed by atoms with E-state index in [1.165, 1.54) is 19.1 Å². The number of rotatable bonds is 8. The number of aliphatic hydroxyl groups excluding tert-OH is 1. The van der Waals surface area contributed by atoms with Crippen molar-refractivity contribution in [2.45, 2.75) is 6.10 Å². The van der Waals surface area contributed by atoms with E-state index >= 15 is 0 Å². The van der Waals surface area contributed by atoms with Gasteiger partial charge in [0.1, 0.15) is 32.3 Å². The molecule has 1 amide bonds. The van der Waals surface area contributed by atoms with Crippen LogP contribution in [0.3, 0.4) is 0 Å². The molecule has 9 nitrogen and oxygen atoms in total. The van der Waals surface area contributed by atoms with Crippen molar-refractivity contribution >= 4 is 5.91 Å². The number of ether oxygens (including phenoxy) is 5. The fraction of sp³-hybridized carbons (Fsp3) is 0.650. The molecule has 2 aliphatic rings. The lowest BCUT2D eigenvalue weighted by Gasteiger charge is -2.27. The maximum absolute atomic E-state index is 12.8. The second kappa shape index (κ2) is 12.2. The second-order valence-corrected chi connectivity index (χ2v) is 7.15. The Labute approximate surface area is 183 Å². The molecule has 2 heterocycles. The molecule has 0 spiro atoms. The highest BCUT2D eigenvalue weighted by molar-refractivity contribution is 5.95. The van der Waals surface area contributed by atoms with Gasteiger partial charge in [0.05, 0.1) is 40.6 Å². The van der Waals surface area contributed by atoms with Crippen molar-refractivity contribution < 1.29 is 50.9 Å². The number of benzene rings is 1. The van der Waals surface area contributed by atoms with Crippen LogP contribution in [0.4, 0.5) is 0 Å². The number of nitrogens with zero attached hydrogens (tertiary/aromatic N) is 1. The molecule has 1 aromatic carbocycles. The molecule has 0 bridgehead atoms. The van der Waals surface area contributed by atoms with E-state index in [2.05, 4.69) is 0 Å². The lowest BCUT2D eigenvalue weighted by molar-refractivity contribution is -0.911. The zero-order chi connectivity index (χ0) is 20.6. The summed E-state index contributed by atoms with van der Waals surface area (Å²) in [5.41, 5.74) is 0.464. The quantitative estimate of drug-likeness (QED) is 0.419.